The summed E-state index contributed by atoms with van der Waals surface area (Å²) >= 11 is 0. The summed E-state index contributed by atoms with van der Waals surface area (Å²) in [5.74, 6) is 1.21. The molecule has 2 aliphatic rings. The second kappa shape index (κ2) is 8.39. The molecule has 3 nitrogen and oxygen atoms in total. The first-order valence-corrected chi connectivity index (χ1v) is 9.51. The zero-order valence-corrected chi connectivity index (χ0v) is 14.7. The molecule has 3 rings (SSSR count). The van der Waals surface area contributed by atoms with Crippen molar-refractivity contribution >= 4 is 5.82 Å². The highest BCUT2D eigenvalue weighted by atomic mass is 19.4. The highest BCUT2D eigenvalue weighted by molar-refractivity contribution is 5.39. The fourth-order valence-electron chi connectivity index (χ4n) is 3.98. The van der Waals surface area contributed by atoms with E-state index in [2.05, 4.69) is 15.2 Å². The summed E-state index contributed by atoms with van der Waals surface area (Å²) in [5.41, 5.74) is 2.13. The highest BCUT2D eigenvalue weighted by Crippen LogP contribution is 2.27. The fourth-order valence-corrected chi connectivity index (χ4v) is 3.98. The average Bonchev–Trinajstić information content (AvgIpc) is 2.80. The standard InChI is InChI=1S/C19H28F3N3/c20-19(21,22)14-23-18-7-6-16-9-12-25(13-10-17(16)24-18)11-8-15-4-2-1-3-5-15/h6-7,15H,1-5,8-14H2,(H,23,24). The van der Waals surface area contributed by atoms with Crippen LogP contribution in [0, 0.1) is 5.92 Å². The Hall–Kier alpha value is -1.30. The molecule has 1 aromatic rings. The third kappa shape index (κ3) is 5.87. The first-order chi connectivity index (χ1) is 12.0. The van der Waals surface area contributed by atoms with Crippen LogP contribution in [-0.2, 0) is 12.8 Å². The van der Waals surface area contributed by atoms with Crippen LogP contribution in [0.5, 0.6) is 0 Å². The number of fused-ring (bicyclic) bond motifs is 1. The Morgan fingerprint density at radius 1 is 1.08 bits per heavy atom. The Bertz CT molecular complexity index is 553. The van der Waals surface area contributed by atoms with E-state index in [0.29, 0.717) is 5.82 Å². The summed E-state index contributed by atoms with van der Waals surface area (Å²) in [6, 6.07) is 3.61. The Kier molecular flexibility index (Phi) is 6.20. The van der Waals surface area contributed by atoms with Crippen LogP contribution in [0.2, 0.25) is 0 Å². The van der Waals surface area contributed by atoms with Gasteiger partial charge in [0.25, 0.3) is 0 Å². The van der Waals surface area contributed by atoms with E-state index < -0.39 is 12.7 Å². The van der Waals surface area contributed by atoms with Crippen molar-refractivity contribution in [2.45, 2.75) is 57.5 Å². The third-order valence-electron chi connectivity index (χ3n) is 5.48. The largest absolute Gasteiger partial charge is 0.405 e. The molecule has 140 valence electrons. The van der Waals surface area contributed by atoms with Crippen LogP contribution >= 0.6 is 0 Å². The summed E-state index contributed by atoms with van der Waals surface area (Å²) < 4.78 is 37.0. The minimum absolute atomic E-state index is 0.326. The number of aromatic nitrogens is 1. The number of pyridine rings is 1. The molecular formula is C19H28F3N3. The molecule has 1 N–H and O–H groups in total. The first kappa shape index (κ1) is 18.5. The van der Waals surface area contributed by atoms with Crippen molar-refractivity contribution in [1.82, 2.24) is 9.88 Å². The lowest BCUT2D eigenvalue weighted by atomic mass is 9.87. The van der Waals surface area contributed by atoms with Gasteiger partial charge in [-0.15, -0.1) is 0 Å². The Morgan fingerprint density at radius 2 is 1.84 bits per heavy atom. The Labute approximate surface area is 148 Å². The van der Waals surface area contributed by atoms with Gasteiger partial charge in [0.15, 0.2) is 0 Å². The number of hydrogen-bond acceptors (Lipinski definition) is 3. The molecule has 1 fully saturated rings. The topological polar surface area (TPSA) is 28.2 Å². The van der Waals surface area contributed by atoms with Gasteiger partial charge in [0.05, 0.1) is 0 Å². The van der Waals surface area contributed by atoms with E-state index in [1.54, 1.807) is 6.07 Å². The van der Waals surface area contributed by atoms with Gasteiger partial charge in [-0.25, -0.2) is 4.98 Å². The number of nitrogens with one attached hydrogen (secondary N) is 1. The van der Waals surface area contributed by atoms with Crippen LogP contribution in [0.25, 0.3) is 0 Å². The van der Waals surface area contributed by atoms with Gasteiger partial charge >= 0.3 is 6.18 Å². The number of anilines is 1. The minimum atomic E-state index is -4.22. The van der Waals surface area contributed by atoms with Gasteiger partial charge in [0.1, 0.15) is 12.4 Å². The second-order valence-corrected chi connectivity index (χ2v) is 7.41. The zero-order chi connectivity index (χ0) is 17.7. The van der Waals surface area contributed by atoms with E-state index in [9.17, 15) is 13.2 Å². The quantitative estimate of drug-likeness (QED) is 0.847. The average molecular weight is 355 g/mol. The molecular weight excluding hydrogens is 327 g/mol. The molecule has 1 aliphatic carbocycles. The fraction of sp³-hybridized carbons (Fsp3) is 0.737. The van der Waals surface area contributed by atoms with E-state index in [1.807, 2.05) is 6.07 Å². The molecule has 25 heavy (non-hydrogen) atoms. The molecule has 2 heterocycles. The van der Waals surface area contributed by atoms with Crippen molar-refractivity contribution in [2.24, 2.45) is 5.92 Å². The summed E-state index contributed by atoms with van der Waals surface area (Å²) in [6.07, 6.45) is 5.74. The molecule has 1 aromatic heterocycles. The van der Waals surface area contributed by atoms with Gasteiger partial charge < -0.3 is 10.2 Å². The van der Waals surface area contributed by atoms with E-state index in [1.165, 1.54) is 44.1 Å². The molecule has 1 aliphatic heterocycles. The van der Waals surface area contributed by atoms with Crippen molar-refractivity contribution in [1.29, 1.82) is 0 Å². The molecule has 0 bridgehead atoms. The predicted octanol–water partition coefficient (Wildman–Crippen LogP) is 4.43. The smallest absolute Gasteiger partial charge is 0.361 e. The van der Waals surface area contributed by atoms with Crippen molar-refractivity contribution < 1.29 is 13.2 Å². The molecule has 0 aromatic carbocycles. The van der Waals surface area contributed by atoms with E-state index >= 15 is 0 Å². The zero-order valence-electron chi connectivity index (χ0n) is 14.7. The van der Waals surface area contributed by atoms with Gasteiger partial charge in [-0.3, -0.25) is 0 Å². The van der Waals surface area contributed by atoms with Gasteiger partial charge in [-0.1, -0.05) is 38.2 Å². The Balaban J connectivity index is 1.50. The molecule has 0 saturated heterocycles. The van der Waals surface area contributed by atoms with Gasteiger partial charge in [-0.2, -0.15) is 13.2 Å². The molecule has 0 spiro atoms. The predicted molar refractivity (Wildman–Crippen MR) is 93.8 cm³/mol. The maximum atomic E-state index is 12.3. The van der Waals surface area contributed by atoms with Crippen molar-refractivity contribution in [3.05, 3.63) is 23.4 Å². The number of alkyl halides is 3. The van der Waals surface area contributed by atoms with Gasteiger partial charge in [-0.05, 0) is 36.9 Å². The van der Waals surface area contributed by atoms with Crippen molar-refractivity contribution in [2.75, 3.05) is 31.5 Å². The molecule has 0 unspecified atom stereocenters. The summed E-state index contributed by atoms with van der Waals surface area (Å²) in [5, 5.41) is 2.38. The van der Waals surface area contributed by atoms with Gasteiger partial charge in [0, 0.05) is 25.2 Å². The van der Waals surface area contributed by atoms with E-state index in [4.69, 9.17) is 0 Å². The van der Waals surface area contributed by atoms with E-state index in [0.717, 1.165) is 44.1 Å². The second-order valence-electron chi connectivity index (χ2n) is 7.41. The number of nitrogens with zero attached hydrogens (tertiary/aromatic N) is 2. The monoisotopic (exact) mass is 355 g/mol. The Morgan fingerprint density at radius 3 is 2.60 bits per heavy atom. The van der Waals surface area contributed by atoms with Crippen LogP contribution in [0.3, 0.4) is 0 Å². The van der Waals surface area contributed by atoms with Crippen LogP contribution in [0.1, 0.15) is 49.8 Å². The van der Waals surface area contributed by atoms with E-state index in [-0.39, 0.29) is 0 Å². The molecule has 0 amide bonds. The van der Waals surface area contributed by atoms with Crippen molar-refractivity contribution in [3.8, 4) is 0 Å². The van der Waals surface area contributed by atoms with Gasteiger partial charge in [0.2, 0.25) is 0 Å². The minimum Gasteiger partial charge on any atom is -0.361 e. The van der Waals surface area contributed by atoms with Crippen LogP contribution in [0.15, 0.2) is 12.1 Å². The summed E-state index contributed by atoms with van der Waals surface area (Å²) in [7, 11) is 0. The molecule has 0 radical (unpaired) electrons. The van der Waals surface area contributed by atoms with Crippen LogP contribution in [-0.4, -0.2) is 42.2 Å². The molecule has 1 saturated carbocycles. The van der Waals surface area contributed by atoms with Crippen LogP contribution in [0.4, 0.5) is 19.0 Å². The van der Waals surface area contributed by atoms with Crippen LogP contribution < -0.4 is 5.32 Å². The lowest BCUT2D eigenvalue weighted by Gasteiger charge is -2.26. The maximum Gasteiger partial charge on any atom is 0.405 e. The normalized spacial score (nSPS) is 20.1. The number of rotatable bonds is 5. The lowest BCUT2D eigenvalue weighted by molar-refractivity contribution is -0.115. The molecule has 6 heteroatoms. The maximum absolute atomic E-state index is 12.3. The van der Waals surface area contributed by atoms with Crippen molar-refractivity contribution in [3.63, 3.8) is 0 Å². The third-order valence-corrected chi connectivity index (χ3v) is 5.48. The number of hydrogen-bond donors (Lipinski definition) is 1. The summed E-state index contributed by atoms with van der Waals surface area (Å²) in [6.45, 7) is 2.08. The summed E-state index contributed by atoms with van der Waals surface area (Å²) in [4.78, 5) is 6.92. The first-order valence-electron chi connectivity index (χ1n) is 9.51. The highest BCUT2D eigenvalue weighted by Gasteiger charge is 2.27. The molecule has 0 atom stereocenters. The lowest BCUT2D eigenvalue weighted by Crippen LogP contribution is -2.29. The number of halogens is 3. The SMILES string of the molecule is FC(F)(F)CNc1ccc2c(n1)CCN(CCC1CCCCC1)CC2.